The topological polar surface area (TPSA) is 55.2 Å². The molecule has 0 bridgehead atoms. The zero-order chi connectivity index (χ0) is 21.0. The van der Waals surface area contributed by atoms with Crippen molar-refractivity contribution in [3.63, 3.8) is 0 Å². The summed E-state index contributed by atoms with van der Waals surface area (Å²) in [7, 11) is 0. The monoisotopic (exact) mass is 411 g/mol. The maximum absolute atomic E-state index is 11.4. The van der Waals surface area contributed by atoms with Crippen LogP contribution in [0.5, 0.6) is 5.75 Å². The molecule has 5 aromatic rings. The van der Waals surface area contributed by atoms with Gasteiger partial charge in [0, 0.05) is 27.9 Å². The largest absolute Gasteiger partial charge is 0.493 e. The molecule has 5 rings (SSSR count). The average Bonchev–Trinajstić information content (AvgIpc) is 3.18. The van der Waals surface area contributed by atoms with Crippen LogP contribution >= 0.6 is 0 Å². The van der Waals surface area contributed by atoms with Gasteiger partial charge in [0.1, 0.15) is 11.3 Å². The molecule has 0 aliphatic heterocycles. The number of nitrogens with one attached hydrogen (secondary N) is 1. The molecule has 4 heteroatoms. The van der Waals surface area contributed by atoms with Gasteiger partial charge in [0.05, 0.1) is 12.0 Å². The van der Waals surface area contributed by atoms with Crippen LogP contribution in [0.1, 0.15) is 31.2 Å². The number of aromatic nitrogens is 1. The molecule has 0 amide bonds. The molecule has 0 aliphatic rings. The number of ether oxygens (including phenoxy) is 1. The summed E-state index contributed by atoms with van der Waals surface area (Å²) in [6.07, 6.45) is 5.54. The lowest BCUT2D eigenvalue weighted by Crippen LogP contribution is -2.00. The first kappa shape index (κ1) is 19.4. The third-order valence-electron chi connectivity index (χ3n) is 5.85. The summed E-state index contributed by atoms with van der Waals surface area (Å²) in [4.78, 5) is 15.0. The van der Waals surface area contributed by atoms with Crippen molar-refractivity contribution >= 4 is 32.8 Å². The summed E-state index contributed by atoms with van der Waals surface area (Å²) in [5.74, 6) is 0.770. The van der Waals surface area contributed by atoms with Gasteiger partial charge < -0.3 is 14.1 Å². The van der Waals surface area contributed by atoms with Crippen LogP contribution in [-0.2, 0) is 6.42 Å². The molecular weight excluding hydrogens is 386 g/mol. The second-order valence-electron chi connectivity index (χ2n) is 7.95. The lowest BCUT2D eigenvalue weighted by molar-refractivity contribution is 0.307. The Morgan fingerprint density at radius 2 is 1.58 bits per heavy atom. The molecule has 0 spiro atoms. The minimum absolute atomic E-state index is 0.340. The number of unbranched alkanes of at least 4 members (excludes halogenated alkanes) is 3. The summed E-state index contributed by atoms with van der Waals surface area (Å²) >= 11 is 0. The first-order valence-corrected chi connectivity index (χ1v) is 10.9. The van der Waals surface area contributed by atoms with Crippen LogP contribution in [-0.4, -0.2) is 11.6 Å². The van der Waals surface area contributed by atoms with Crippen molar-refractivity contribution in [1.29, 1.82) is 0 Å². The van der Waals surface area contributed by atoms with Crippen molar-refractivity contribution in [3.8, 4) is 5.75 Å². The zero-order valence-corrected chi connectivity index (χ0v) is 17.4. The third-order valence-corrected chi connectivity index (χ3v) is 5.85. The number of H-pyrrole nitrogens is 1. The Kier molecular flexibility index (Phi) is 5.44. The number of aryl methyl sites for hydroxylation is 1. The van der Waals surface area contributed by atoms with Gasteiger partial charge in [0.15, 0.2) is 0 Å². The standard InChI is InChI=1S/C27H25NO3/c29-26-17-16-22-24(14-8-15-25(22)31-26)30-18-6-2-1-3-9-19-10-7-12-21-20-11-4-5-13-23(20)28-27(19)21/h4-5,7-8,10-17,28H,1-3,6,9,18H2. The van der Waals surface area contributed by atoms with E-state index in [1.807, 2.05) is 12.1 Å². The second-order valence-corrected chi connectivity index (χ2v) is 7.95. The number of benzene rings is 3. The summed E-state index contributed by atoms with van der Waals surface area (Å²) in [6, 6.07) is 23.9. The van der Waals surface area contributed by atoms with Gasteiger partial charge in [0.2, 0.25) is 0 Å². The van der Waals surface area contributed by atoms with Gasteiger partial charge in [0.25, 0.3) is 0 Å². The molecule has 156 valence electrons. The zero-order valence-electron chi connectivity index (χ0n) is 17.4. The van der Waals surface area contributed by atoms with Crippen LogP contribution in [0.25, 0.3) is 32.8 Å². The number of aromatic amines is 1. The van der Waals surface area contributed by atoms with Gasteiger partial charge in [-0.25, -0.2) is 4.79 Å². The van der Waals surface area contributed by atoms with Crippen LogP contribution in [0.4, 0.5) is 0 Å². The van der Waals surface area contributed by atoms with E-state index in [1.165, 1.54) is 39.9 Å². The molecule has 0 saturated heterocycles. The quantitative estimate of drug-likeness (QED) is 0.231. The van der Waals surface area contributed by atoms with Crippen molar-refractivity contribution in [2.45, 2.75) is 32.1 Å². The number of hydrogen-bond donors (Lipinski definition) is 1. The lowest BCUT2D eigenvalue weighted by Gasteiger charge is -2.08. The minimum atomic E-state index is -0.340. The van der Waals surface area contributed by atoms with Crippen LogP contribution < -0.4 is 10.4 Å². The molecule has 0 saturated carbocycles. The second kappa shape index (κ2) is 8.68. The summed E-state index contributed by atoms with van der Waals surface area (Å²) < 4.78 is 11.2. The first-order valence-electron chi connectivity index (χ1n) is 10.9. The molecule has 31 heavy (non-hydrogen) atoms. The number of hydrogen-bond acceptors (Lipinski definition) is 3. The van der Waals surface area contributed by atoms with E-state index >= 15 is 0 Å². The normalized spacial score (nSPS) is 11.5. The van der Waals surface area contributed by atoms with E-state index in [0.29, 0.717) is 12.2 Å². The van der Waals surface area contributed by atoms with E-state index in [2.05, 4.69) is 47.4 Å². The third kappa shape index (κ3) is 4.06. The highest BCUT2D eigenvalue weighted by molar-refractivity contribution is 6.08. The maximum Gasteiger partial charge on any atom is 0.336 e. The highest BCUT2D eigenvalue weighted by Crippen LogP contribution is 2.28. The molecule has 0 unspecified atom stereocenters. The molecule has 2 aromatic heterocycles. The molecule has 1 N–H and O–H groups in total. The van der Waals surface area contributed by atoms with Crippen LogP contribution in [0.3, 0.4) is 0 Å². The van der Waals surface area contributed by atoms with E-state index < -0.39 is 0 Å². The van der Waals surface area contributed by atoms with Crippen molar-refractivity contribution in [2.75, 3.05) is 6.61 Å². The van der Waals surface area contributed by atoms with Crippen molar-refractivity contribution in [3.05, 3.63) is 88.8 Å². The Morgan fingerprint density at radius 1 is 0.742 bits per heavy atom. The summed E-state index contributed by atoms with van der Waals surface area (Å²) in [6.45, 7) is 0.663. The average molecular weight is 412 g/mol. The van der Waals surface area contributed by atoms with E-state index in [0.717, 1.165) is 36.8 Å². The fourth-order valence-corrected chi connectivity index (χ4v) is 4.29. The number of fused-ring (bicyclic) bond motifs is 4. The fraction of sp³-hybridized carbons (Fsp3) is 0.222. The molecule has 2 heterocycles. The van der Waals surface area contributed by atoms with Crippen LogP contribution in [0.2, 0.25) is 0 Å². The molecule has 3 aromatic carbocycles. The van der Waals surface area contributed by atoms with Gasteiger partial charge in [-0.2, -0.15) is 0 Å². The van der Waals surface area contributed by atoms with Gasteiger partial charge >= 0.3 is 5.63 Å². The van der Waals surface area contributed by atoms with Crippen molar-refractivity contribution in [1.82, 2.24) is 4.98 Å². The number of para-hydroxylation sites is 2. The van der Waals surface area contributed by atoms with Gasteiger partial charge in [-0.05, 0) is 49.1 Å². The molecule has 0 aliphatic carbocycles. The Hall–Kier alpha value is -3.53. The Bertz CT molecular complexity index is 1400. The Balaban J connectivity index is 1.13. The summed E-state index contributed by atoms with van der Waals surface area (Å²) in [5.41, 5.74) is 4.09. The summed E-state index contributed by atoms with van der Waals surface area (Å²) in [5, 5.41) is 3.45. The maximum atomic E-state index is 11.4. The van der Waals surface area contributed by atoms with Crippen LogP contribution in [0.15, 0.2) is 82.0 Å². The predicted molar refractivity (Wildman–Crippen MR) is 126 cm³/mol. The van der Waals surface area contributed by atoms with Gasteiger partial charge in [-0.1, -0.05) is 55.3 Å². The lowest BCUT2D eigenvalue weighted by atomic mass is 10.0. The Morgan fingerprint density at radius 3 is 2.55 bits per heavy atom. The van der Waals surface area contributed by atoms with E-state index in [-0.39, 0.29) is 5.63 Å². The van der Waals surface area contributed by atoms with Crippen molar-refractivity contribution < 1.29 is 9.15 Å². The molecule has 4 nitrogen and oxygen atoms in total. The first-order chi connectivity index (χ1) is 15.3. The van der Waals surface area contributed by atoms with Gasteiger partial charge in [-0.15, -0.1) is 0 Å². The highest BCUT2D eigenvalue weighted by atomic mass is 16.5. The predicted octanol–water partition coefficient (Wildman–Crippen LogP) is 6.61. The highest BCUT2D eigenvalue weighted by Gasteiger charge is 2.07. The Labute approximate surface area is 180 Å². The minimum Gasteiger partial charge on any atom is -0.493 e. The van der Waals surface area contributed by atoms with E-state index in [1.54, 1.807) is 12.1 Å². The van der Waals surface area contributed by atoms with Crippen LogP contribution in [0, 0.1) is 0 Å². The molecule has 0 radical (unpaired) electrons. The van der Waals surface area contributed by atoms with Crippen molar-refractivity contribution in [2.24, 2.45) is 0 Å². The van der Waals surface area contributed by atoms with Gasteiger partial charge in [-0.3, -0.25) is 0 Å². The number of rotatable bonds is 8. The molecule has 0 fully saturated rings. The molecular formula is C27H25NO3. The molecule has 0 atom stereocenters. The van der Waals surface area contributed by atoms with E-state index in [9.17, 15) is 4.79 Å². The smallest absolute Gasteiger partial charge is 0.336 e. The SMILES string of the molecule is O=c1ccc2c(OCCCCCCc3cccc4c3[nH]c3ccccc34)cccc2o1. The fourth-order valence-electron chi connectivity index (χ4n) is 4.29. The van der Waals surface area contributed by atoms with E-state index in [4.69, 9.17) is 9.15 Å².